The molecule has 0 aliphatic heterocycles. The van der Waals surface area contributed by atoms with Crippen LogP contribution in [0.3, 0.4) is 0 Å². The molecule has 1 aliphatic rings. The van der Waals surface area contributed by atoms with Crippen molar-refractivity contribution in [2.24, 2.45) is 5.41 Å². The van der Waals surface area contributed by atoms with Crippen LogP contribution >= 0.6 is 11.6 Å². The molecule has 0 atom stereocenters. The van der Waals surface area contributed by atoms with Crippen molar-refractivity contribution in [2.45, 2.75) is 33.6 Å². The molecule has 0 radical (unpaired) electrons. The molecule has 0 heterocycles. The Balaban J connectivity index is 2.86. The van der Waals surface area contributed by atoms with E-state index in [0.29, 0.717) is 11.3 Å². The van der Waals surface area contributed by atoms with Gasteiger partial charge in [0.25, 0.3) is 0 Å². The highest BCUT2D eigenvalue weighted by molar-refractivity contribution is 6.19. The lowest BCUT2D eigenvalue weighted by Crippen LogP contribution is -2.14. The van der Waals surface area contributed by atoms with E-state index in [1.165, 1.54) is 11.1 Å². The normalized spacial score (nSPS) is 21.7. The molecule has 68 valence electrons. The smallest absolute Gasteiger partial charge is 0.0437 e. The third kappa shape index (κ3) is 2.38. The molecule has 1 aliphatic carbocycles. The van der Waals surface area contributed by atoms with Crippen molar-refractivity contribution in [1.82, 2.24) is 0 Å². The van der Waals surface area contributed by atoms with Gasteiger partial charge in [-0.3, -0.25) is 0 Å². The standard InChI is InChI=1S/C11H17Cl/c1-4-9-5-10(8-12)7-11(2,3)6-9/h5-6H,4,7-8H2,1-3H3. The predicted molar refractivity (Wildman–Crippen MR) is 55.6 cm³/mol. The Kier molecular flexibility index (Phi) is 3.00. The number of halogens is 1. The largest absolute Gasteiger partial charge is 0.122 e. The Hall–Kier alpha value is -0.230. The van der Waals surface area contributed by atoms with E-state index in [2.05, 4.69) is 32.9 Å². The lowest BCUT2D eigenvalue weighted by Gasteiger charge is -2.27. The topological polar surface area (TPSA) is 0 Å². The summed E-state index contributed by atoms with van der Waals surface area (Å²) < 4.78 is 0. The first-order valence-corrected chi connectivity index (χ1v) is 5.08. The zero-order valence-corrected chi connectivity index (χ0v) is 8.91. The summed E-state index contributed by atoms with van der Waals surface area (Å²) >= 11 is 5.83. The van der Waals surface area contributed by atoms with Gasteiger partial charge < -0.3 is 0 Å². The fourth-order valence-corrected chi connectivity index (χ4v) is 1.95. The number of hydrogen-bond donors (Lipinski definition) is 0. The van der Waals surface area contributed by atoms with Crippen LogP contribution in [0, 0.1) is 5.41 Å². The van der Waals surface area contributed by atoms with Crippen LogP contribution in [-0.2, 0) is 0 Å². The van der Waals surface area contributed by atoms with E-state index in [9.17, 15) is 0 Å². The summed E-state index contributed by atoms with van der Waals surface area (Å²) in [6.45, 7) is 6.72. The molecule has 1 rings (SSSR count). The average molecular weight is 185 g/mol. The van der Waals surface area contributed by atoms with Crippen LogP contribution in [0.2, 0.25) is 0 Å². The zero-order chi connectivity index (χ0) is 9.19. The van der Waals surface area contributed by atoms with Crippen molar-refractivity contribution in [2.75, 3.05) is 5.88 Å². The van der Waals surface area contributed by atoms with Crippen LogP contribution in [-0.4, -0.2) is 5.88 Å². The maximum Gasteiger partial charge on any atom is 0.0437 e. The lowest BCUT2D eigenvalue weighted by atomic mass is 9.79. The summed E-state index contributed by atoms with van der Waals surface area (Å²) in [7, 11) is 0. The van der Waals surface area contributed by atoms with Gasteiger partial charge >= 0.3 is 0 Å². The second-order valence-electron chi connectivity index (χ2n) is 4.17. The van der Waals surface area contributed by atoms with Crippen molar-refractivity contribution in [3.8, 4) is 0 Å². The first-order valence-electron chi connectivity index (χ1n) is 4.54. The number of rotatable bonds is 2. The molecule has 0 aromatic rings. The van der Waals surface area contributed by atoms with Gasteiger partial charge in [-0.15, -0.1) is 11.6 Å². The van der Waals surface area contributed by atoms with Crippen molar-refractivity contribution in [3.05, 3.63) is 23.3 Å². The number of hydrogen-bond acceptors (Lipinski definition) is 0. The number of alkyl halides is 1. The maximum atomic E-state index is 5.83. The van der Waals surface area contributed by atoms with E-state index < -0.39 is 0 Å². The van der Waals surface area contributed by atoms with Crippen molar-refractivity contribution in [3.63, 3.8) is 0 Å². The second-order valence-corrected chi connectivity index (χ2v) is 4.44. The van der Waals surface area contributed by atoms with Gasteiger partial charge in [0.15, 0.2) is 0 Å². The lowest BCUT2D eigenvalue weighted by molar-refractivity contribution is 0.465. The first kappa shape index (κ1) is 9.85. The Morgan fingerprint density at radius 1 is 1.50 bits per heavy atom. The summed E-state index contributed by atoms with van der Waals surface area (Å²) in [6.07, 6.45) is 6.84. The Bertz CT molecular complexity index is 221. The Labute approximate surface area is 80.3 Å². The summed E-state index contributed by atoms with van der Waals surface area (Å²) in [5, 5.41) is 0. The molecule has 1 heteroatoms. The van der Waals surface area contributed by atoms with Crippen LogP contribution in [0.15, 0.2) is 23.3 Å². The minimum atomic E-state index is 0.310. The molecule has 0 amide bonds. The van der Waals surface area contributed by atoms with Gasteiger partial charge in [0.1, 0.15) is 0 Å². The van der Waals surface area contributed by atoms with Gasteiger partial charge in [-0.2, -0.15) is 0 Å². The van der Waals surface area contributed by atoms with E-state index in [0.717, 1.165) is 12.8 Å². The fraction of sp³-hybridized carbons (Fsp3) is 0.636. The minimum absolute atomic E-state index is 0.310. The zero-order valence-electron chi connectivity index (χ0n) is 8.15. The minimum Gasteiger partial charge on any atom is -0.122 e. The van der Waals surface area contributed by atoms with Gasteiger partial charge in [-0.1, -0.05) is 44.1 Å². The molecule has 12 heavy (non-hydrogen) atoms. The molecule has 0 fully saturated rings. The third-order valence-electron chi connectivity index (χ3n) is 2.23. The van der Waals surface area contributed by atoms with E-state index in [-0.39, 0.29) is 0 Å². The molecule has 0 N–H and O–H groups in total. The molecule has 0 unspecified atom stereocenters. The monoisotopic (exact) mass is 184 g/mol. The summed E-state index contributed by atoms with van der Waals surface area (Å²) in [4.78, 5) is 0. The molecule has 0 spiro atoms. The number of allylic oxidation sites excluding steroid dienone is 4. The Morgan fingerprint density at radius 3 is 2.67 bits per heavy atom. The maximum absolute atomic E-state index is 5.83. The van der Waals surface area contributed by atoms with E-state index in [1.54, 1.807) is 0 Å². The van der Waals surface area contributed by atoms with E-state index >= 15 is 0 Å². The molecule has 0 saturated heterocycles. The van der Waals surface area contributed by atoms with Crippen molar-refractivity contribution >= 4 is 11.6 Å². The summed E-state index contributed by atoms with van der Waals surface area (Å²) in [6, 6.07) is 0. The molecule has 0 bridgehead atoms. The molecule has 0 aromatic carbocycles. The molecule has 0 saturated carbocycles. The van der Waals surface area contributed by atoms with Crippen LogP contribution in [0.5, 0.6) is 0 Å². The summed E-state index contributed by atoms with van der Waals surface area (Å²) in [5.74, 6) is 0.681. The van der Waals surface area contributed by atoms with Crippen molar-refractivity contribution < 1.29 is 0 Å². The highest BCUT2D eigenvalue weighted by Crippen LogP contribution is 2.34. The molecular weight excluding hydrogens is 168 g/mol. The van der Waals surface area contributed by atoms with E-state index in [1.807, 2.05) is 0 Å². The molecule has 0 aromatic heterocycles. The van der Waals surface area contributed by atoms with E-state index in [4.69, 9.17) is 11.6 Å². The highest BCUT2D eigenvalue weighted by atomic mass is 35.5. The second kappa shape index (κ2) is 3.66. The van der Waals surface area contributed by atoms with Gasteiger partial charge in [0.05, 0.1) is 0 Å². The molecular formula is C11H17Cl. The highest BCUT2D eigenvalue weighted by Gasteiger charge is 2.20. The Morgan fingerprint density at radius 2 is 2.17 bits per heavy atom. The van der Waals surface area contributed by atoms with Crippen LogP contribution in [0.1, 0.15) is 33.6 Å². The van der Waals surface area contributed by atoms with Gasteiger partial charge in [0, 0.05) is 5.88 Å². The fourth-order valence-electron chi connectivity index (χ4n) is 1.78. The predicted octanol–water partition coefficient (Wildman–Crippen LogP) is 3.92. The first-order chi connectivity index (χ1) is 5.57. The van der Waals surface area contributed by atoms with Crippen LogP contribution in [0.25, 0.3) is 0 Å². The van der Waals surface area contributed by atoms with Crippen molar-refractivity contribution in [1.29, 1.82) is 0 Å². The molecule has 0 nitrogen and oxygen atoms in total. The van der Waals surface area contributed by atoms with Crippen LogP contribution < -0.4 is 0 Å². The average Bonchev–Trinajstić information content (AvgIpc) is 2.01. The summed E-state index contributed by atoms with van der Waals surface area (Å²) in [5.41, 5.74) is 3.12. The quantitative estimate of drug-likeness (QED) is 0.571. The van der Waals surface area contributed by atoms with Gasteiger partial charge in [-0.25, -0.2) is 0 Å². The van der Waals surface area contributed by atoms with Gasteiger partial charge in [-0.05, 0) is 18.3 Å². The van der Waals surface area contributed by atoms with Crippen LogP contribution in [0.4, 0.5) is 0 Å². The third-order valence-corrected chi connectivity index (χ3v) is 2.57. The van der Waals surface area contributed by atoms with Gasteiger partial charge in [0.2, 0.25) is 0 Å². The SMILES string of the molecule is CCC1=CC(C)(C)CC(CCl)=C1.